The highest BCUT2D eigenvalue weighted by Crippen LogP contribution is 2.33. The van der Waals surface area contributed by atoms with Crippen LogP contribution in [0.5, 0.6) is 11.5 Å². The average molecular weight is 350 g/mol. The summed E-state index contributed by atoms with van der Waals surface area (Å²) in [5.41, 5.74) is 2.94. The minimum atomic E-state index is -0.821. The van der Waals surface area contributed by atoms with Gasteiger partial charge >= 0.3 is 5.97 Å². The Morgan fingerprint density at radius 2 is 1.62 bits per heavy atom. The van der Waals surface area contributed by atoms with Crippen LogP contribution in [0.4, 0.5) is 0 Å². The van der Waals surface area contributed by atoms with Gasteiger partial charge < -0.3 is 14.2 Å². The van der Waals surface area contributed by atoms with Crippen LogP contribution >= 0.6 is 0 Å². The topological polar surface area (TPSA) is 70.5 Å². The number of aromatic nitrogens is 2. The number of carbonyl (C=O) groups is 1. The van der Waals surface area contributed by atoms with Crippen molar-refractivity contribution in [3.05, 3.63) is 59.9 Å². The fraction of sp³-hybridized carbons (Fsp3) is 0.250. The smallest absolute Gasteiger partial charge is 0.351 e. The summed E-state index contributed by atoms with van der Waals surface area (Å²) in [7, 11) is 0. The molecule has 1 aromatic heterocycles. The average Bonchev–Trinajstić information content (AvgIpc) is 2.65. The lowest BCUT2D eigenvalue weighted by Crippen LogP contribution is -2.44. The Labute approximate surface area is 150 Å². The van der Waals surface area contributed by atoms with Gasteiger partial charge in [0.05, 0.1) is 22.4 Å². The SMILES string of the molecule is Cc1nc2ccccc2nc1COC(=O)C1Oc2ccccc2OC1C. The van der Waals surface area contributed by atoms with Crippen LogP contribution in [0.15, 0.2) is 48.5 Å². The molecule has 3 aromatic rings. The number of nitrogens with zero attached hydrogens (tertiary/aromatic N) is 2. The lowest BCUT2D eigenvalue weighted by atomic mass is 10.2. The van der Waals surface area contributed by atoms with Crippen molar-refractivity contribution in [2.24, 2.45) is 0 Å². The molecular weight excluding hydrogens is 332 g/mol. The van der Waals surface area contributed by atoms with Crippen LogP contribution in [-0.4, -0.2) is 28.1 Å². The molecule has 2 atom stereocenters. The molecule has 0 fully saturated rings. The van der Waals surface area contributed by atoms with E-state index < -0.39 is 18.2 Å². The Morgan fingerprint density at radius 3 is 2.35 bits per heavy atom. The summed E-state index contributed by atoms with van der Waals surface area (Å²) >= 11 is 0. The second-order valence-electron chi connectivity index (χ2n) is 6.16. The van der Waals surface area contributed by atoms with E-state index in [-0.39, 0.29) is 6.61 Å². The van der Waals surface area contributed by atoms with E-state index in [1.54, 1.807) is 19.1 Å². The maximum Gasteiger partial charge on any atom is 0.351 e. The van der Waals surface area contributed by atoms with Crippen molar-refractivity contribution in [2.45, 2.75) is 32.7 Å². The van der Waals surface area contributed by atoms with Crippen molar-refractivity contribution >= 4 is 17.0 Å². The molecule has 132 valence electrons. The maximum absolute atomic E-state index is 12.5. The molecule has 2 heterocycles. The largest absolute Gasteiger partial charge is 0.482 e. The molecule has 6 heteroatoms. The van der Waals surface area contributed by atoms with Crippen LogP contribution in [-0.2, 0) is 16.1 Å². The van der Waals surface area contributed by atoms with E-state index in [4.69, 9.17) is 14.2 Å². The second kappa shape index (κ2) is 6.63. The van der Waals surface area contributed by atoms with E-state index in [2.05, 4.69) is 9.97 Å². The first-order valence-electron chi connectivity index (χ1n) is 8.43. The summed E-state index contributed by atoms with van der Waals surface area (Å²) in [4.78, 5) is 21.5. The molecule has 26 heavy (non-hydrogen) atoms. The van der Waals surface area contributed by atoms with E-state index in [0.717, 1.165) is 16.7 Å². The summed E-state index contributed by atoms with van der Waals surface area (Å²) in [6.45, 7) is 3.67. The molecule has 0 radical (unpaired) electrons. The molecule has 0 amide bonds. The van der Waals surface area contributed by atoms with Crippen molar-refractivity contribution in [1.82, 2.24) is 9.97 Å². The van der Waals surface area contributed by atoms with Gasteiger partial charge in [-0.1, -0.05) is 24.3 Å². The molecule has 6 nitrogen and oxygen atoms in total. The van der Waals surface area contributed by atoms with Gasteiger partial charge in [0.15, 0.2) is 11.5 Å². The Morgan fingerprint density at radius 1 is 1.00 bits per heavy atom. The standard InChI is InChI=1S/C20H18N2O4/c1-12-16(22-15-8-4-3-7-14(15)21-12)11-24-20(23)19-13(2)25-17-9-5-6-10-18(17)26-19/h3-10,13,19H,11H2,1-2H3. The number of hydrogen-bond acceptors (Lipinski definition) is 6. The lowest BCUT2D eigenvalue weighted by molar-refractivity contribution is -0.159. The zero-order valence-electron chi connectivity index (χ0n) is 14.5. The summed E-state index contributed by atoms with van der Waals surface area (Å²) in [5, 5.41) is 0. The maximum atomic E-state index is 12.5. The van der Waals surface area contributed by atoms with Crippen LogP contribution < -0.4 is 9.47 Å². The normalized spacial score (nSPS) is 18.5. The molecule has 4 rings (SSSR count). The van der Waals surface area contributed by atoms with E-state index in [9.17, 15) is 4.79 Å². The number of hydrogen-bond donors (Lipinski definition) is 0. The second-order valence-corrected chi connectivity index (χ2v) is 6.16. The predicted molar refractivity (Wildman–Crippen MR) is 95.0 cm³/mol. The van der Waals surface area contributed by atoms with Gasteiger partial charge in [-0.3, -0.25) is 0 Å². The van der Waals surface area contributed by atoms with E-state index in [0.29, 0.717) is 17.2 Å². The van der Waals surface area contributed by atoms with Gasteiger partial charge in [-0.15, -0.1) is 0 Å². The highest BCUT2D eigenvalue weighted by Gasteiger charge is 2.35. The van der Waals surface area contributed by atoms with Crippen molar-refractivity contribution in [1.29, 1.82) is 0 Å². The Bertz CT molecular complexity index is 973. The number of carbonyl (C=O) groups excluding carboxylic acids is 1. The third kappa shape index (κ3) is 3.06. The predicted octanol–water partition coefficient (Wildman–Crippen LogP) is 3.21. The molecule has 0 saturated heterocycles. The quantitative estimate of drug-likeness (QED) is 0.676. The van der Waals surface area contributed by atoms with Crippen molar-refractivity contribution < 1.29 is 19.0 Å². The zero-order chi connectivity index (χ0) is 18.1. The molecule has 0 aliphatic carbocycles. The van der Waals surface area contributed by atoms with Gasteiger partial charge in [0.2, 0.25) is 6.10 Å². The van der Waals surface area contributed by atoms with Gasteiger partial charge in [0.1, 0.15) is 12.7 Å². The summed E-state index contributed by atoms with van der Waals surface area (Å²) in [5.74, 6) is 0.677. The molecular formula is C20H18N2O4. The van der Waals surface area contributed by atoms with Gasteiger partial charge in [0.25, 0.3) is 0 Å². The molecule has 0 bridgehead atoms. The Kier molecular flexibility index (Phi) is 4.16. The van der Waals surface area contributed by atoms with Crippen LogP contribution in [0, 0.1) is 6.92 Å². The third-order valence-corrected chi connectivity index (χ3v) is 4.27. The monoisotopic (exact) mass is 350 g/mol. The molecule has 2 aromatic carbocycles. The fourth-order valence-electron chi connectivity index (χ4n) is 2.86. The van der Waals surface area contributed by atoms with Crippen LogP contribution in [0.1, 0.15) is 18.3 Å². The number of para-hydroxylation sites is 4. The minimum absolute atomic E-state index is 0.0384. The van der Waals surface area contributed by atoms with Crippen molar-refractivity contribution in [2.75, 3.05) is 0 Å². The molecule has 2 unspecified atom stereocenters. The zero-order valence-corrected chi connectivity index (χ0v) is 14.5. The molecule has 1 aliphatic rings. The highest BCUT2D eigenvalue weighted by atomic mass is 16.6. The third-order valence-electron chi connectivity index (χ3n) is 4.27. The number of ether oxygens (including phenoxy) is 3. The fourth-order valence-corrected chi connectivity index (χ4v) is 2.86. The number of fused-ring (bicyclic) bond motifs is 2. The van der Waals surface area contributed by atoms with Gasteiger partial charge in [-0.2, -0.15) is 0 Å². The number of rotatable bonds is 3. The Hall–Kier alpha value is -3.15. The molecule has 0 saturated carbocycles. The van der Waals surface area contributed by atoms with Gasteiger partial charge in [-0.25, -0.2) is 14.8 Å². The number of benzene rings is 2. The first-order chi connectivity index (χ1) is 12.6. The first-order valence-corrected chi connectivity index (χ1v) is 8.43. The number of esters is 1. The van der Waals surface area contributed by atoms with Crippen LogP contribution in [0.3, 0.4) is 0 Å². The van der Waals surface area contributed by atoms with Crippen molar-refractivity contribution in [3.8, 4) is 11.5 Å². The number of aryl methyl sites for hydroxylation is 1. The summed E-state index contributed by atoms with van der Waals surface area (Å²) in [6.07, 6.45) is -1.26. The summed E-state index contributed by atoms with van der Waals surface area (Å²) in [6, 6.07) is 14.8. The van der Waals surface area contributed by atoms with Crippen LogP contribution in [0.2, 0.25) is 0 Å². The molecule has 1 aliphatic heterocycles. The lowest BCUT2D eigenvalue weighted by Gasteiger charge is -2.30. The van der Waals surface area contributed by atoms with E-state index >= 15 is 0 Å². The molecule has 0 spiro atoms. The Balaban J connectivity index is 1.48. The van der Waals surface area contributed by atoms with Gasteiger partial charge in [0, 0.05) is 0 Å². The highest BCUT2D eigenvalue weighted by molar-refractivity contribution is 5.77. The summed E-state index contributed by atoms with van der Waals surface area (Å²) < 4.78 is 16.9. The van der Waals surface area contributed by atoms with Gasteiger partial charge in [-0.05, 0) is 38.1 Å². The van der Waals surface area contributed by atoms with E-state index in [1.165, 1.54) is 0 Å². The first kappa shape index (κ1) is 16.3. The van der Waals surface area contributed by atoms with Crippen molar-refractivity contribution in [3.63, 3.8) is 0 Å². The molecule has 0 N–H and O–H groups in total. The minimum Gasteiger partial charge on any atom is -0.482 e. The van der Waals surface area contributed by atoms with E-state index in [1.807, 2.05) is 43.3 Å². The van der Waals surface area contributed by atoms with Crippen LogP contribution in [0.25, 0.3) is 11.0 Å².